The minimum Gasteiger partial charge on any atom is -0.497 e. The van der Waals surface area contributed by atoms with E-state index < -0.39 is 0 Å². The third-order valence-corrected chi connectivity index (χ3v) is 4.52. The van der Waals surface area contributed by atoms with Gasteiger partial charge in [0.25, 0.3) is 0 Å². The van der Waals surface area contributed by atoms with Crippen LogP contribution < -0.4 is 10.1 Å². The van der Waals surface area contributed by atoms with Crippen LogP contribution in [-0.4, -0.2) is 32.9 Å². The van der Waals surface area contributed by atoms with Crippen molar-refractivity contribution in [3.8, 4) is 5.75 Å². The van der Waals surface area contributed by atoms with Gasteiger partial charge in [0.05, 0.1) is 25.7 Å². The second kappa shape index (κ2) is 4.72. The van der Waals surface area contributed by atoms with E-state index in [-0.39, 0.29) is 11.0 Å². The maximum Gasteiger partial charge on any atom is 0.120 e. The first-order valence-corrected chi connectivity index (χ1v) is 6.45. The molecular weight excluding hydrogens is 250 g/mol. The van der Waals surface area contributed by atoms with Crippen molar-refractivity contribution in [1.82, 2.24) is 5.32 Å². The van der Waals surface area contributed by atoms with Crippen LogP contribution in [0, 0.1) is 0 Å². The van der Waals surface area contributed by atoms with Gasteiger partial charge in [0.2, 0.25) is 0 Å². The Morgan fingerprint density at radius 1 is 1.39 bits per heavy atom. The summed E-state index contributed by atoms with van der Waals surface area (Å²) in [5.74, 6) is 0.779. The van der Waals surface area contributed by atoms with Crippen molar-refractivity contribution in [3.05, 3.63) is 28.8 Å². The lowest BCUT2D eigenvalue weighted by molar-refractivity contribution is -0.0990. The number of hydrogen-bond acceptors (Lipinski definition) is 3. The average molecular weight is 270 g/mol. The van der Waals surface area contributed by atoms with Gasteiger partial charge in [0.15, 0.2) is 0 Å². The second-order valence-electron chi connectivity index (χ2n) is 5.30. The van der Waals surface area contributed by atoms with E-state index in [1.165, 1.54) is 0 Å². The van der Waals surface area contributed by atoms with E-state index in [0.717, 1.165) is 16.3 Å². The quantitative estimate of drug-likeness (QED) is 0.912. The Labute approximate surface area is 113 Å². The Morgan fingerprint density at radius 3 is 2.44 bits per heavy atom. The first kappa shape index (κ1) is 13.7. The molecule has 4 heteroatoms. The van der Waals surface area contributed by atoms with Crippen LogP contribution in [0.15, 0.2) is 18.2 Å². The van der Waals surface area contributed by atoms with Gasteiger partial charge in [0, 0.05) is 10.6 Å². The molecule has 0 aliphatic carbocycles. The summed E-state index contributed by atoms with van der Waals surface area (Å²) in [6.07, 6.45) is 0. The largest absolute Gasteiger partial charge is 0.497 e. The minimum absolute atomic E-state index is 0.0783. The van der Waals surface area contributed by atoms with Gasteiger partial charge >= 0.3 is 0 Å². The van der Waals surface area contributed by atoms with Gasteiger partial charge in [-0.1, -0.05) is 17.7 Å². The van der Waals surface area contributed by atoms with Crippen LogP contribution in [0.25, 0.3) is 0 Å². The number of benzene rings is 1. The molecule has 18 heavy (non-hydrogen) atoms. The van der Waals surface area contributed by atoms with Crippen LogP contribution >= 0.6 is 11.6 Å². The highest BCUT2D eigenvalue weighted by Gasteiger charge is 2.52. The summed E-state index contributed by atoms with van der Waals surface area (Å²) in [6.45, 7) is 5.73. The molecular formula is C14H20ClNO2. The standard InChI is InChI=1S/C14H20ClNO2/c1-13(2,16-3)14(8-18-9-14)11-6-5-10(17-4)7-12(11)15/h5-7,16H,8-9H2,1-4H3. The molecule has 1 fully saturated rings. The molecule has 0 bridgehead atoms. The molecule has 100 valence electrons. The predicted octanol–water partition coefficient (Wildman–Crippen LogP) is 2.61. The third kappa shape index (κ3) is 1.91. The Kier molecular flexibility index (Phi) is 3.58. The molecule has 3 nitrogen and oxygen atoms in total. The maximum atomic E-state index is 6.40. The monoisotopic (exact) mass is 269 g/mol. The smallest absolute Gasteiger partial charge is 0.120 e. The van der Waals surface area contributed by atoms with Crippen molar-refractivity contribution in [2.75, 3.05) is 27.4 Å². The van der Waals surface area contributed by atoms with Crippen LogP contribution in [-0.2, 0) is 10.2 Å². The molecule has 1 aromatic carbocycles. The summed E-state index contributed by atoms with van der Waals surface area (Å²) in [6, 6.07) is 5.86. The molecule has 1 saturated heterocycles. The van der Waals surface area contributed by atoms with Gasteiger partial charge in [-0.15, -0.1) is 0 Å². The van der Waals surface area contributed by atoms with Gasteiger partial charge in [-0.3, -0.25) is 0 Å². The molecule has 0 radical (unpaired) electrons. The fraction of sp³-hybridized carbons (Fsp3) is 0.571. The van der Waals surface area contributed by atoms with E-state index in [1.54, 1.807) is 7.11 Å². The van der Waals surface area contributed by atoms with Gasteiger partial charge in [-0.05, 0) is 38.6 Å². The molecule has 1 aliphatic heterocycles. The SMILES string of the molecule is CNC(C)(C)C1(c2ccc(OC)cc2Cl)COC1. The van der Waals surface area contributed by atoms with Crippen molar-refractivity contribution in [3.63, 3.8) is 0 Å². The summed E-state index contributed by atoms with van der Waals surface area (Å²) < 4.78 is 10.7. The normalized spacial score (nSPS) is 18.3. The second-order valence-corrected chi connectivity index (χ2v) is 5.70. The number of nitrogens with one attached hydrogen (secondary N) is 1. The molecule has 1 heterocycles. The highest BCUT2D eigenvalue weighted by Crippen LogP contribution is 2.45. The van der Waals surface area contributed by atoms with Crippen molar-refractivity contribution in [2.24, 2.45) is 0 Å². The van der Waals surface area contributed by atoms with Crippen LogP contribution in [0.5, 0.6) is 5.75 Å². The van der Waals surface area contributed by atoms with E-state index in [9.17, 15) is 0 Å². The predicted molar refractivity (Wildman–Crippen MR) is 73.6 cm³/mol. The first-order valence-electron chi connectivity index (χ1n) is 6.07. The summed E-state index contributed by atoms with van der Waals surface area (Å²) in [7, 11) is 3.61. The zero-order chi connectivity index (χ0) is 13.4. The van der Waals surface area contributed by atoms with Crippen molar-refractivity contribution < 1.29 is 9.47 Å². The highest BCUT2D eigenvalue weighted by molar-refractivity contribution is 6.31. The fourth-order valence-corrected chi connectivity index (χ4v) is 2.76. The molecule has 1 aromatic rings. The summed E-state index contributed by atoms with van der Waals surface area (Å²) in [5, 5.41) is 4.11. The summed E-state index contributed by atoms with van der Waals surface area (Å²) in [5.41, 5.74) is 0.963. The lowest BCUT2D eigenvalue weighted by Crippen LogP contribution is -2.65. The number of methoxy groups -OCH3 is 1. The van der Waals surface area contributed by atoms with E-state index in [0.29, 0.717) is 13.2 Å². The van der Waals surface area contributed by atoms with Crippen molar-refractivity contribution in [1.29, 1.82) is 0 Å². The minimum atomic E-state index is -0.0799. The van der Waals surface area contributed by atoms with E-state index in [1.807, 2.05) is 25.2 Å². The molecule has 0 atom stereocenters. The van der Waals surface area contributed by atoms with Gasteiger partial charge in [0.1, 0.15) is 5.75 Å². The van der Waals surface area contributed by atoms with E-state index >= 15 is 0 Å². The highest BCUT2D eigenvalue weighted by atomic mass is 35.5. The van der Waals surface area contributed by atoms with Gasteiger partial charge < -0.3 is 14.8 Å². The lowest BCUT2D eigenvalue weighted by Gasteiger charge is -2.53. The van der Waals surface area contributed by atoms with Gasteiger partial charge in [-0.2, -0.15) is 0 Å². The fourth-order valence-electron chi connectivity index (χ4n) is 2.41. The maximum absolute atomic E-state index is 6.40. The third-order valence-electron chi connectivity index (χ3n) is 4.21. The molecule has 0 aromatic heterocycles. The molecule has 0 unspecified atom stereocenters. The molecule has 1 N–H and O–H groups in total. The zero-order valence-electron chi connectivity index (χ0n) is 11.3. The Hall–Kier alpha value is -0.770. The molecule has 0 saturated carbocycles. The molecule has 2 rings (SSSR count). The summed E-state index contributed by atoms with van der Waals surface area (Å²) in [4.78, 5) is 0. The zero-order valence-corrected chi connectivity index (χ0v) is 12.1. The average Bonchev–Trinajstić information content (AvgIpc) is 2.29. The molecule has 0 spiro atoms. The number of halogens is 1. The lowest BCUT2D eigenvalue weighted by atomic mass is 9.65. The molecule has 1 aliphatic rings. The topological polar surface area (TPSA) is 30.5 Å². The first-order chi connectivity index (χ1) is 8.47. The van der Waals surface area contributed by atoms with E-state index in [4.69, 9.17) is 21.1 Å². The number of likely N-dealkylation sites (N-methyl/N-ethyl adjacent to an activating group) is 1. The van der Waals surface area contributed by atoms with Crippen LogP contribution in [0.3, 0.4) is 0 Å². The Morgan fingerprint density at radius 2 is 2.06 bits per heavy atom. The Bertz CT molecular complexity index is 441. The van der Waals surface area contributed by atoms with Gasteiger partial charge in [-0.25, -0.2) is 0 Å². The molecule has 0 amide bonds. The number of hydrogen-bond donors (Lipinski definition) is 1. The van der Waals surface area contributed by atoms with Crippen LogP contribution in [0.1, 0.15) is 19.4 Å². The van der Waals surface area contributed by atoms with Crippen LogP contribution in [0.4, 0.5) is 0 Å². The number of ether oxygens (including phenoxy) is 2. The Balaban J connectivity index is 2.46. The van der Waals surface area contributed by atoms with Crippen molar-refractivity contribution >= 4 is 11.6 Å². The summed E-state index contributed by atoms with van der Waals surface area (Å²) >= 11 is 6.40. The van der Waals surface area contributed by atoms with Crippen molar-refractivity contribution in [2.45, 2.75) is 24.8 Å². The van der Waals surface area contributed by atoms with E-state index in [2.05, 4.69) is 19.2 Å². The number of rotatable bonds is 4. The van der Waals surface area contributed by atoms with Crippen LogP contribution in [0.2, 0.25) is 5.02 Å².